The number of halogens is 3. The highest BCUT2D eigenvalue weighted by molar-refractivity contribution is 7.71. The molecular weight excluding hydrogens is 303 g/mol. The largest absolute Gasteiger partial charge is 0.416 e. The molecule has 0 spiro atoms. The molecule has 0 unspecified atom stereocenters. The molecule has 0 radical (unpaired) electrons. The Morgan fingerprint density at radius 3 is 2.76 bits per heavy atom. The number of nitrogens with one attached hydrogen (secondary N) is 2. The number of amides is 1. The second kappa shape index (κ2) is 4.87. The van der Waals surface area contributed by atoms with E-state index in [1.54, 1.807) is 0 Å². The molecule has 8 heteroatoms. The number of H-pyrrole nitrogens is 1. The van der Waals surface area contributed by atoms with Crippen LogP contribution in [0.25, 0.3) is 11.0 Å². The van der Waals surface area contributed by atoms with Crippen molar-refractivity contribution in [1.29, 1.82) is 0 Å². The monoisotopic (exact) mass is 315 g/mol. The van der Waals surface area contributed by atoms with Gasteiger partial charge in [-0.15, -0.1) is 0 Å². The van der Waals surface area contributed by atoms with E-state index in [0.717, 1.165) is 25.0 Å². The summed E-state index contributed by atoms with van der Waals surface area (Å²) < 4.78 is 39.8. The van der Waals surface area contributed by atoms with Gasteiger partial charge in [0.2, 0.25) is 5.91 Å². The summed E-state index contributed by atoms with van der Waals surface area (Å²) in [6.07, 6.45) is -2.46. The standard InChI is InChI=1S/C13H12F3N3OS/c14-13(15,16)7-1-4-10-9(5-7)18-12(21)19(10)6-11(20)17-8-2-3-8/h1,4-5,8H,2-3,6H2,(H,17,20)(H,18,21). The average Bonchev–Trinajstić information content (AvgIpc) is 3.13. The highest BCUT2D eigenvalue weighted by atomic mass is 32.1. The zero-order valence-electron chi connectivity index (χ0n) is 10.8. The Kier molecular flexibility index (Phi) is 3.27. The minimum Gasteiger partial charge on any atom is -0.352 e. The maximum Gasteiger partial charge on any atom is 0.416 e. The molecule has 1 heterocycles. The van der Waals surface area contributed by atoms with Crippen molar-refractivity contribution in [3.63, 3.8) is 0 Å². The molecule has 0 bridgehead atoms. The molecule has 112 valence electrons. The second-order valence-electron chi connectivity index (χ2n) is 5.09. The number of benzene rings is 1. The van der Waals surface area contributed by atoms with Crippen molar-refractivity contribution in [3.05, 3.63) is 28.5 Å². The predicted octanol–water partition coefficient (Wildman–Crippen LogP) is 3.00. The van der Waals surface area contributed by atoms with Crippen LogP contribution in [0.4, 0.5) is 13.2 Å². The Labute approximate surface area is 123 Å². The lowest BCUT2D eigenvalue weighted by atomic mass is 10.2. The summed E-state index contributed by atoms with van der Waals surface area (Å²) in [5.41, 5.74) is 0.00817. The molecule has 3 rings (SSSR count). The van der Waals surface area contributed by atoms with Gasteiger partial charge in [-0.25, -0.2) is 0 Å². The van der Waals surface area contributed by atoms with Gasteiger partial charge in [-0.05, 0) is 43.3 Å². The Balaban J connectivity index is 1.93. The lowest BCUT2D eigenvalue weighted by molar-refractivity contribution is -0.137. The molecule has 0 aliphatic heterocycles. The molecule has 21 heavy (non-hydrogen) atoms. The smallest absolute Gasteiger partial charge is 0.352 e. The van der Waals surface area contributed by atoms with E-state index in [2.05, 4.69) is 10.3 Å². The number of imidazole rings is 1. The second-order valence-corrected chi connectivity index (χ2v) is 5.47. The van der Waals surface area contributed by atoms with Crippen molar-refractivity contribution in [1.82, 2.24) is 14.9 Å². The van der Waals surface area contributed by atoms with Crippen molar-refractivity contribution in [2.75, 3.05) is 0 Å². The average molecular weight is 315 g/mol. The predicted molar refractivity (Wildman–Crippen MR) is 73.3 cm³/mol. The fraction of sp³-hybridized carbons (Fsp3) is 0.385. The van der Waals surface area contributed by atoms with Crippen LogP contribution in [0.5, 0.6) is 0 Å². The van der Waals surface area contributed by atoms with E-state index >= 15 is 0 Å². The molecule has 1 aliphatic carbocycles. The number of hydrogen-bond donors (Lipinski definition) is 2. The maximum atomic E-state index is 12.7. The zero-order chi connectivity index (χ0) is 15.2. The van der Waals surface area contributed by atoms with E-state index in [-0.39, 0.29) is 28.8 Å². The Morgan fingerprint density at radius 2 is 2.14 bits per heavy atom. The normalized spacial score (nSPS) is 15.4. The number of carbonyl (C=O) groups excluding carboxylic acids is 1. The number of aromatic amines is 1. The van der Waals surface area contributed by atoms with Gasteiger partial charge >= 0.3 is 6.18 Å². The van der Waals surface area contributed by atoms with Crippen LogP contribution < -0.4 is 5.32 Å². The molecule has 2 N–H and O–H groups in total. The van der Waals surface area contributed by atoms with E-state index in [0.29, 0.717) is 5.52 Å². The highest BCUT2D eigenvalue weighted by Crippen LogP contribution is 2.31. The maximum absolute atomic E-state index is 12.7. The molecule has 0 atom stereocenters. The van der Waals surface area contributed by atoms with Gasteiger partial charge in [0.15, 0.2) is 4.77 Å². The van der Waals surface area contributed by atoms with Gasteiger partial charge in [-0.3, -0.25) is 4.79 Å². The van der Waals surface area contributed by atoms with E-state index in [9.17, 15) is 18.0 Å². The summed E-state index contributed by atoms with van der Waals surface area (Å²) in [5, 5.41) is 2.82. The van der Waals surface area contributed by atoms with Gasteiger partial charge < -0.3 is 14.9 Å². The van der Waals surface area contributed by atoms with Crippen molar-refractivity contribution in [3.8, 4) is 0 Å². The number of aromatic nitrogens is 2. The van der Waals surface area contributed by atoms with Crippen LogP contribution in [0.2, 0.25) is 0 Å². The molecule has 1 aliphatic rings. The number of hydrogen-bond acceptors (Lipinski definition) is 2. The van der Waals surface area contributed by atoms with E-state index in [1.807, 2.05) is 0 Å². The van der Waals surface area contributed by atoms with Crippen LogP contribution in [-0.4, -0.2) is 21.5 Å². The lowest BCUT2D eigenvalue weighted by Crippen LogP contribution is -2.29. The van der Waals surface area contributed by atoms with Crippen LogP contribution in [0.1, 0.15) is 18.4 Å². The summed E-state index contributed by atoms with van der Waals surface area (Å²) in [4.78, 5) is 14.5. The van der Waals surface area contributed by atoms with Crippen molar-refractivity contribution >= 4 is 29.2 Å². The molecule has 4 nitrogen and oxygen atoms in total. The molecule has 1 fully saturated rings. The van der Waals surface area contributed by atoms with Crippen molar-refractivity contribution in [2.24, 2.45) is 0 Å². The van der Waals surface area contributed by atoms with E-state index in [4.69, 9.17) is 12.2 Å². The van der Waals surface area contributed by atoms with Gasteiger partial charge in [-0.1, -0.05) is 0 Å². The number of alkyl halides is 3. The van der Waals surface area contributed by atoms with E-state index < -0.39 is 11.7 Å². The van der Waals surface area contributed by atoms with Gasteiger partial charge in [-0.2, -0.15) is 13.2 Å². The fourth-order valence-corrected chi connectivity index (χ4v) is 2.41. The fourth-order valence-electron chi connectivity index (χ4n) is 2.14. The first-order chi connectivity index (χ1) is 9.84. The van der Waals surface area contributed by atoms with Crippen molar-refractivity contribution < 1.29 is 18.0 Å². The Hall–Kier alpha value is -1.83. The van der Waals surface area contributed by atoms with Crippen LogP contribution in [0, 0.1) is 4.77 Å². The molecule has 2 aromatic rings. The molecule has 1 saturated carbocycles. The van der Waals surface area contributed by atoms with E-state index in [1.165, 1.54) is 10.6 Å². The van der Waals surface area contributed by atoms with Gasteiger partial charge in [0.05, 0.1) is 16.6 Å². The number of nitrogens with zero attached hydrogens (tertiary/aromatic N) is 1. The minimum absolute atomic E-state index is 0.000692. The van der Waals surface area contributed by atoms with Crippen LogP contribution in [0.15, 0.2) is 18.2 Å². The summed E-state index contributed by atoms with van der Waals surface area (Å²) in [6, 6.07) is 3.55. The SMILES string of the molecule is O=C(Cn1c(=S)[nH]c2cc(C(F)(F)F)ccc21)NC1CC1. The first kappa shape index (κ1) is 14.1. The minimum atomic E-state index is -4.41. The van der Waals surface area contributed by atoms with Crippen LogP contribution in [-0.2, 0) is 17.5 Å². The molecule has 1 amide bonds. The Bertz CT molecular complexity index is 758. The highest BCUT2D eigenvalue weighted by Gasteiger charge is 2.31. The first-order valence-corrected chi connectivity index (χ1v) is 6.84. The first-order valence-electron chi connectivity index (χ1n) is 6.44. The number of fused-ring (bicyclic) bond motifs is 1. The van der Waals surface area contributed by atoms with Gasteiger partial charge in [0.1, 0.15) is 6.54 Å². The quantitative estimate of drug-likeness (QED) is 0.856. The summed E-state index contributed by atoms with van der Waals surface area (Å²) >= 11 is 5.08. The third kappa shape index (κ3) is 2.94. The number of carbonyl (C=O) groups is 1. The summed E-state index contributed by atoms with van der Waals surface area (Å²) in [7, 11) is 0. The Morgan fingerprint density at radius 1 is 1.43 bits per heavy atom. The third-order valence-electron chi connectivity index (χ3n) is 3.35. The molecule has 0 saturated heterocycles. The summed E-state index contributed by atoms with van der Waals surface area (Å²) in [5.74, 6) is -0.186. The molecular formula is C13H12F3N3OS. The van der Waals surface area contributed by atoms with Gasteiger partial charge in [0.25, 0.3) is 0 Å². The van der Waals surface area contributed by atoms with Crippen LogP contribution in [0.3, 0.4) is 0 Å². The molecule has 1 aromatic heterocycles. The lowest BCUT2D eigenvalue weighted by Gasteiger charge is -2.08. The molecule has 1 aromatic carbocycles. The third-order valence-corrected chi connectivity index (χ3v) is 3.67. The van der Waals surface area contributed by atoms with Gasteiger partial charge in [0, 0.05) is 6.04 Å². The van der Waals surface area contributed by atoms with Crippen molar-refractivity contribution in [2.45, 2.75) is 31.6 Å². The number of rotatable bonds is 3. The topological polar surface area (TPSA) is 49.8 Å². The summed E-state index contributed by atoms with van der Waals surface area (Å²) in [6.45, 7) is 0.000692. The van der Waals surface area contributed by atoms with Crippen LogP contribution >= 0.6 is 12.2 Å². The zero-order valence-corrected chi connectivity index (χ0v) is 11.6.